The van der Waals surface area contributed by atoms with Gasteiger partial charge in [-0.2, -0.15) is 0 Å². The Bertz CT molecular complexity index is 656. The molecule has 92 valence electrons. The largest absolute Gasteiger partial charge is 0.508 e. The van der Waals surface area contributed by atoms with Gasteiger partial charge in [-0.05, 0) is 42.8 Å². The summed E-state index contributed by atoms with van der Waals surface area (Å²) in [7, 11) is 0. The van der Waals surface area contributed by atoms with E-state index in [2.05, 4.69) is 0 Å². The van der Waals surface area contributed by atoms with Crippen LogP contribution in [0.5, 0.6) is 11.5 Å². The van der Waals surface area contributed by atoms with Crippen molar-refractivity contribution in [2.45, 2.75) is 25.9 Å². The summed E-state index contributed by atoms with van der Waals surface area (Å²) in [4.78, 5) is 12.3. The van der Waals surface area contributed by atoms with Crippen LogP contribution in [-0.4, -0.2) is 16.5 Å². The number of ether oxygens (including phenoxy) is 1. The minimum Gasteiger partial charge on any atom is -0.508 e. The molecule has 0 aliphatic carbocycles. The van der Waals surface area contributed by atoms with E-state index in [-0.39, 0.29) is 11.5 Å². The molecule has 1 heterocycles. The normalized spacial score (nSPS) is 17.3. The smallest absolute Gasteiger partial charge is 0.171 e. The standard InChI is InChI=1S/C15H14O3/c1-15(2)8-12(17)14-11-7-10(16)5-3-9(11)4-6-13(14)18-15/h3-7,16H,8H2,1-2H3. The average Bonchev–Trinajstić information content (AvgIpc) is 2.26. The molecule has 18 heavy (non-hydrogen) atoms. The number of phenolic OH excluding ortho intramolecular Hbond substituents is 1. The van der Waals surface area contributed by atoms with Crippen molar-refractivity contribution >= 4 is 16.6 Å². The van der Waals surface area contributed by atoms with Crippen LogP contribution in [0.15, 0.2) is 30.3 Å². The van der Waals surface area contributed by atoms with Crippen LogP contribution in [0.3, 0.4) is 0 Å². The van der Waals surface area contributed by atoms with E-state index in [1.165, 1.54) is 0 Å². The minimum atomic E-state index is -0.464. The second kappa shape index (κ2) is 3.48. The highest BCUT2D eigenvalue weighted by Crippen LogP contribution is 2.38. The van der Waals surface area contributed by atoms with Gasteiger partial charge in [0.15, 0.2) is 5.78 Å². The number of rotatable bonds is 0. The number of Topliss-reactive ketones (excluding diaryl/α,β-unsaturated/α-hetero) is 1. The summed E-state index contributed by atoms with van der Waals surface area (Å²) in [5.41, 5.74) is 0.122. The molecule has 0 fully saturated rings. The van der Waals surface area contributed by atoms with E-state index < -0.39 is 5.60 Å². The Morgan fingerprint density at radius 1 is 1.22 bits per heavy atom. The zero-order chi connectivity index (χ0) is 12.9. The van der Waals surface area contributed by atoms with Gasteiger partial charge >= 0.3 is 0 Å². The lowest BCUT2D eigenvalue weighted by Crippen LogP contribution is -2.35. The van der Waals surface area contributed by atoms with Crippen molar-refractivity contribution in [2.75, 3.05) is 0 Å². The van der Waals surface area contributed by atoms with Crippen LogP contribution in [0.25, 0.3) is 10.8 Å². The Morgan fingerprint density at radius 2 is 1.94 bits per heavy atom. The van der Waals surface area contributed by atoms with Crippen LogP contribution in [0.4, 0.5) is 0 Å². The zero-order valence-corrected chi connectivity index (χ0v) is 10.4. The molecule has 3 nitrogen and oxygen atoms in total. The van der Waals surface area contributed by atoms with Crippen molar-refractivity contribution in [2.24, 2.45) is 0 Å². The first-order valence-electron chi connectivity index (χ1n) is 5.94. The van der Waals surface area contributed by atoms with Gasteiger partial charge in [-0.25, -0.2) is 0 Å². The maximum absolute atomic E-state index is 12.3. The number of aromatic hydroxyl groups is 1. The summed E-state index contributed by atoms with van der Waals surface area (Å²) in [6.45, 7) is 3.81. The molecule has 0 amide bonds. The number of benzene rings is 2. The van der Waals surface area contributed by atoms with E-state index in [1.54, 1.807) is 18.2 Å². The van der Waals surface area contributed by atoms with E-state index in [9.17, 15) is 9.90 Å². The van der Waals surface area contributed by atoms with E-state index >= 15 is 0 Å². The Kier molecular flexibility index (Phi) is 2.14. The van der Waals surface area contributed by atoms with Gasteiger partial charge in [-0.1, -0.05) is 12.1 Å². The van der Waals surface area contributed by atoms with Gasteiger partial charge in [0, 0.05) is 0 Å². The van der Waals surface area contributed by atoms with Crippen LogP contribution in [0.1, 0.15) is 30.6 Å². The Balaban J connectivity index is 2.32. The first-order valence-corrected chi connectivity index (χ1v) is 5.94. The predicted octanol–water partition coefficient (Wildman–Crippen LogP) is 3.29. The molecule has 0 bridgehead atoms. The van der Waals surface area contributed by atoms with Gasteiger partial charge in [-0.15, -0.1) is 0 Å². The summed E-state index contributed by atoms with van der Waals surface area (Å²) in [5.74, 6) is 0.834. The molecule has 0 radical (unpaired) electrons. The molecular formula is C15H14O3. The number of carbonyl (C=O) groups is 1. The molecule has 0 saturated heterocycles. The highest BCUT2D eigenvalue weighted by molar-refractivity contribution is 6.11. The molecule has 0 atom stereocenters. The number of ketones is 1. The van der Waals surface area contributed by atoms with Crippen molar-refractivity contribution in [3.63, 3.8) is 0 Å². The van der Waals surface area contributed by atoms with E-state index in [0.717, 1.165) is 10.8 Å². The number of hydrogen-bond donors (Lipinski definition) is 1. The first-order chi connectivity index (χ1) is 8.46. The molecule has 3 rings (SSSR count). The quantitative estimate of drug-likeness (QED) is 0.771. The number of carbonyl (C=O) groups excluding carboxylic acids is 1. The lowest BCUT2D eigenvalue weighted by molar-refractivity contribution is 0.0624. The van der Waals surface area contributed by atoms with Crippen molar-refractivity contribution in [3.8, 4) is 11.5 Å². The fourth-order valence-corrected chi connectivity index (χ4v) is 2.47. The third kappa shape index (κ3) is 1.63. The molecule has 0 spiro atoms. The summed E-state index contributed by atoms with van der Waals surface area (Å²) >= 11 is 0. The fourth-order valence-electron chi connectivity index (χ4n) is 2.47. The summed E-state index contributed by atoms with van der Waals surface area (Å²) in [5, 5.41) is 11.3. The summed E-state index contributed by atoms with van der Waals surface area (Å²) in [6.07, 6.45) is 0.356. The number of fused-ring (bicyclic) bond motifs is 3. The lowest BCUT2D eigenvalue weighted by atomic mass is 9.90. The molecular weight excluding hydrogens is 228 g/mol. The minimum absolute atomic E-state index is 0.0671. The van der Waals surface area contributed by atoms with E-state index in [0.29, 0.717) is 17.7 Å². The monoisotopic (exact) mass is 242 g/mol. The van der Waals surface area contributed by atoms with Crippen molar-refractivity contribution in [1.29, 1.82) is 0 Å². The van der Waals surface area contributed by atoms with Crippen LogP contribution in [0, 0.1) is 0 Å². The molecule has 2 aromatic carbocycles. The molecule has 2 aromatic rings. The molecule has 0 saturated carbocycles. The average molecular weight is 242 g/mol. The van der Waals surface area contributed by atoms with Crippen molar-refractivity contribution in [3.05, 3.63) is 35.9 Å². The third-order valence-corrected chi connectivity index (χ3v) is 3.22. The predicted molar refractivity (Wildman–Crippen MR) is 69.3 cm³/mol. The maximum atomic E-state index is 12.3. The SMILES string of the molecule is CC1(C)CC(=O)c2c(ccc3ccc(O)cc23)O1. The van der Waals surface area contributed by atoms with Crippen LogP contribution in [-0.2, 0) is 0 Å². The highest BCUT2D eigenvalue weighted by atomic mass is 16.5. The van der Waals surface area contributed by atoms with Crippen LogP contribution in [0.2, 0.25) is 0 Å². The Labute approximate surface area is 105 Å². The number of phenols is 1. The highest BCUT2D eigenvalue weighted by Gasteiger charge is 2.33. The molecule has 1 aliphatic heterocycles. The number of hydrogen-bond acceptors (Lipinski definition) is 3. The van der Waals surface area contributed by atoms with Crippen molar-refractivity contribution < 1.29 is 14.6 Å². The summed E-state index contributed by atoms with van der Waals surface area (Å²) < 4.78 is 5.84. The summed E-state index contributed by atoms with van der Waals surface area (Å²) in [6, 6.07) is 8.77. The Hall–Kier alpha value is -2.03. The second-order valence-electron chi connectivity index (χ2n) is 5.31. The zero-order valence-electron chi connectivity index (χ0n) is 10.4. The van der Waals surface area contributed by atoms with Gasteiger partial charge in [0.25, 0.3) is 0 Å². The van der Waals surface area contributed by atoms with Gasteiger partial charge in [-0.3, -0.25) is 4.79 Å². The molecule has 3 heteroatoms. The Morgan fingerprint density at radius 3 is 2.72 bits per heavy atom. The molecule has 1 aliphatic rings. The van der Waals surface area contributed by atoms with Gasteiger partial charge < -0.3 is 9.84 Å². The topological polar surface area (TPSA) is 46.5 Å². The molecule has 0 aromatic heterocycles. The molecule has 1 N–H and O–H groups in total. The van der Waals surface area contributed by atoms with Gasteiger partial charge in [0.1, 0.15) is 17.1 Å². The lowest BCUT2D eigenvalue weighted by Gasteiger charge is -2.32. The van der Waals surface area contributed by atoms with E-state index in [4.69, 9.17) is 4.74 Å². The second-order valence-corrected chi connectivity index (χ2v) is 5.31. The van der Waals surface area contributed by atoms with E-state index in [1.807, 2.05) is 26.0 Å². The third-order valence-electron chi connectivity index (χ3n) is 3.22. The molecule has 0 unspecified atom stereocenters. The van der Waals surface area contributed by atoms with Gasteiger partial charge in [0.05, 0.1) is 12.0 Å². The maximum Gasteiger partial charge on any atom is 0.171 e. The first kappa shape index (κ1) is 11.1. The van der Waals surface area contributed by atoms with Gasteiger partial charge in [0.2, 0.25) is 0 Å². The fraction of sp³-hybridized carbons (Fsp3) is 0.267. The van der Waals surface area contributed by atoms with Crippen LogP contribution < -0.4 is 4.74 Å². The van der Waals surface area contributed by atoms with Crippen molar-refractivity contribution in [1.82, 2.24) is 0 Å². The van der Waals surface area contributed by atoms with Crippen LogP contribution >= 0.6 is 0 Å².